The summed E-state index contributed by atoms with van der Waals surface area (Å²) in [6, 6.07) is 7.87. The number of rotatable bonds is 7. The van der Waals surface area contributed by atoms with Crippen molar-refractivity contribution < 1.29 is 19.4 Å². The molecule has 1 aromatic carbocycles. The second kappa shape index (κ2) is 7.91. The number of aliphatic hydroxyl groups is 1. The zero-order valence-electron chi connectivity index (χ0n) is 12.7. The van der Waals surface area contributed by atoms with E-state index in [1.807, 2.05) is 31.2 Å². The Bertz CT molecular complexity index is 511. The first kappa shape index (κ1) is 16.5. The Balaban J connectivity index is 1.89. The smallest absolute Gasteiger partial charge is 0.309 e. The van der Waals surface area contributed by atoms with Crippen molar-refractivity contribution in [2.24, 2.45) is 0 Å². The predicted octanol–water partition coefficient (Wildman–Crippen LogP) is 0.440. The molecule has 0 heterocycles. The average Bonchev–Trinajstić information content (AvgIpc) is 3.32. The van der Waals surface area contributed by atoms with Gasteiger partial charge in [0.15, 0.2) is 0 Å². The monoisotopic (exact) mass is 306 g/mol. The SMILES string of the molecule is Cc1ccc(C(CNC(=O)C(=O)NC2CC2)OCCO)cc1. The van der Waals surface area contributed by atoms with Crippen molar-refractivity contribution in [3.05, 3.63) is 35.4 Å². The third-order valence-corrected chi connectivity index (χ3v) is 3.43. The Labute approximate surface area is 129 Å². The fourth-order valence-electron chi connectivity index (χ4n) is 1.99. The number of aliphatic hydroxyl groups excluding tert-OH is 1. The van der Waals surface area contributed by atoms with Gasteiger partial charge in [-0.15, -0.1) is 0 Å². The van der Waals surface area contributed by atoms with Crippen molar-refractivity contribution in [2.75, 3.05) is 19.8 Å². The van der Waals surface area contributed by atoms with Gasteiger partial charge in [0.05, 0.1) is 19.3 Å². The molecular formula is C16H22N2O4. The van der Waals surface area contributed by atoms with Crippen LogP contribution in [0.2, 0.25) is 0 Å². The summed E-state index contributed by atoms with van der Waals surface area (Å²) in [5.74, 6) is -1.26. The highest BCUT2D eigenvalue weighted by Crippen LogP contribution is 2.19. The van der Waals surface area contributed by atoms with Crippen LogP contribution in [0.5, 0.6) is 0 Å². The van der Waals surface area contributed by atoms with Gasteiger partial charge in [-0.2, -0.15) is 0 Å². The molecule has 1 fully saturated rings. The van der Waals surface area contributed by atoms with Crippen LogP contribution in [-0.4, -0.2) is 42.7 Å². The van der Waals surface area contributed by atoms with E-state index < -0.39 is 17.9 Å². The van der Waals surface area contributed by atoms with Crippen LogP contribution in [-0.2, 0) is 14.3 Å². The molecule has 6 heteroatoms. The fourth-order valence-corrected chi connectivity index (χ4v) is 1.99. The van der Waals surface area contributed by atoms with Crippen molar-refractivity contribution >= 4 is 11.8 Å². The lowest BCUT2D eigenvalue weighted by atomic mass is 10.1. The summed E-state index contributed by atoms with van der Waals surface area (Å²) in [5.41, 5.74) is 2.01. The van der Waals surface area contributed by atoms with E-state index in [1.54, 1.807) is 0 Å². The van der Waals surface area contributed by atoms with Gasteiger partial charge in [0, 0.05) is 12.6 Å². The molecule has 0 bridgehead atoms. The van der Waals surface area contributed by atoms with Gasteiger partial charge in [-0.3, -0.25) is 9.59 Å². The van der Waals surface area contributed by atoms with Gasteiger partial charge < -0.3 is 20.5 Å². The van der Waals surface area contributed by atoms with Gasteiger partial charge in [0.2, 0.25) is 0 Å². The first-order valence-electron chi connectivity index (χ1n) is 7.48. The van der Waals surface area contributed by atoms with Crippen LogP contribution >= 0.6 is 0 Å². The van der Waals surface area contributed by atoms with Crippen LogP contribution in [0, 0.1) is 6.92 Å². The molecule has 1 aromatic rings. The summed E-state index contributed by atoms with van der Waals surface area (Å²) in [6.07, 6.45) is 1.47. The summed E-state index contributed by atoms with van der Waals surface area (Å²) in [6.45, 7) is 2.23. The number of hydrogen-bond acceptors (Lipinski definition) is 4. The highest BCUT2D eigenvalue weighted by Gasteiger charge is 2.26. The first-order chi connectivity index (χ1) is 10.6. The molecule has 1 aliphatic rings. The van der Waals surface area contributed by atoms with Crippen LogP contribution in [0.4, 0.5) is 0 Å². The number of nitrogens with one attached hydrogen (secondary N) is 2. The predicted molar refractivity (Wildman–Crippen MR) is 81.1 cm³/mol. The van der Waals surface area contributed by atoms with Gasteiger partial charge in [0.25, 0.3) is 0 Å². The number of carbonyl (C=O) groups excluding carboxylic acids is 2. The third kappa shape index (κ3) is 5.13. The minimum absolute atomic E-state index is 0.0987. The molecule has 22 heavy (non-hydrogen) atoms. The third-order valence-electron chi connectivity index (χ3n) is 3.43. The largest absolute Gasteiger partial charge is 0.394 e. The molecule has 0 radical (unpaired) electrons. The zero-order chi connectivity index (χ0) is 15.9. The second-order valence-electron chi connectivity index (χ2n) is 5.45. The van der Waals surface area contributed by atoms with Gasteiger partial charge >= 0.3 is 11.8 Å². The van der Waals surface area contributed by atoms with E-state index in [9.17, 15) is 9.59 Å². The minimum Gasteiger partial charge on any atom is -0.394 e. The Morgan fingerprint density at radius 3 is 2.55 bits per heavy atom. The molecule has 2 amide bonds. The number of ether oxygens (including phenoxy) is 1. The lowest BCUT2D eigenvalue weighted by Crippen LogP contribution is -2.42. The zero-order valence-corrected chi connectivity index (χ0v) is 12.7. The number of carbonyl (C=O) groups is 2. The maximum Gasteiger partial charge on any atom is 0.309 e. The van der Waals surface area contributed by atoms with Crippen molar-refractivity contribution in [2.45, 2.75) is 31.9 Å². The van der Waals surface area contributed by atoms with Crippen LogP contribution < -0.4 is 10.6 Å². The van der Waals surface area contributed by atoms with Crippen LogP contribution in [0.3, 0.4) is 0 Å². The van der Waals surface area contributed by atoms with E-state index in [2.05, 4.69) is 10.6 Å². The molecule has 120 valence electrons. The highest BCUT2D eigenvalue weighted by molar-refractivity contribution is 6.35. The molecule has 0 aromatic heterocycles. The van der Waals surface area contributed by atoms with Crippen LogP contribution in [0.15, 0.2) is 24.3 Å². The summed E-state index contributed by atoms with van der Waals surface area (Å²) >= 11 is 0. The molecule has 6 nitrogen and oxygen atoms in total. The van der Waals surface area contributed by atoms with Crippen LogP contribution in [0.1, 0.15) is 30.1 Å². The van der Waals surface area contributed by atoms with Crippen molar-refractivity contribution in [3.8, 4) is 0 Å². The standard InChI is InChI=1S/C16H22N2O4/c1-11-2-4-12(5-3-11)14(22-9-8-19)10-17-15(20)16(21)18-13-6-7-13/h2-5,13-14,19H,6-10H2,1H3,(H,17,20)(H,18,21). The van der Waals surface area contributed by atoms with Crippen LogP contribution in [0.25, 0.3) is 0 Å². The molecule has 1 aliphatic carbocycles. The molecule has 0 spiro atoms. The normalized spacial score (nSPS) is 15.2. The number of aryl methyl sites for hydroxylation is 1. The molecule has 1 saturated carbocycles. The maximum atomic E-state index is 11.7. The Kier molecular flexibility index (Phi) is 5.91. The van der Waals surface area contributed by atoms with Gasteiger partial charge in [0.1, 0.15) is 0 Å². The number of benzene rings is 1. The highest BCUT2D eigenvalue weighted by atomic mass is 16.5. The summed E-state index contributed by atoms with van der Waals surface area (Å²) < 4.78 is 5.54. The Morgan fingerprint density at radius 1 is 1.27 bits per heavy atom. The lowest BCUT2D eigenvalue weighted by molar-refractivity contribution is -0.139. The Hall–Kier alpha value is -1.92. The molecule has 3 N–H and O–H groups in total. The number of amides is 2. The molecule has 1 unspecified atom stereocenters. The Morgan fingerprint density at radius 2 is 1.95 bits per heavy atom. The lowest BCUT2D eigenvalue weighted by Gasteiger charge is -2.18. The van der Waals surface area contributed by atoms with Gasteiger partial charge in [-0.25, -0.2) is 0 Å². The van der Waals surface area contributed by atoms with E-state index in [1.165, 1.54) is 0 Å². The summed E-state index contributed by atoms with van der Waals surface area (Å²) in [4.78, 5) is 23.3. The second-order valence-corrected chi connectivity index (χ2v) is 5.45. The molecule has 0 aliphatic heterocycles. The first-order valence-corrected chi connectivity index (χ1v) is 7.48. The fraction of sp³-hybridized carbons (Fsp3) is 0.500. The topological polar surface area (TPSA) is 87.7 Å². The average molecular weight is 306 g/mol. The summed E-state index contributed by atoms with van der Waals surface area (Å²) in [5, 5.41) is 14.1. The molecular weight excluding hydrogens is 284 g/mol. The summed E-state index contributed by atoms with van der Waals surface area (Å²) in [7, 11) is 0. The van der Waals surface area contributed by atoms with E-state index >= 15 is 0 Å². The van der Waals surface area contributed by atoms with Gasteiger partial charge in [-0.05, 0) is 25.3 Å². The molecule has 0 saturated heterocycles. The van der Waals surface area contributed by atoms with Crippen molar-refractivity contribution in [1.29, 1.82) is 0 Å². The van der Waals surface area contributed by atoms with E-state index in [0.29, 0.717) is 0 Å². The number of hydrogen-bond donors (Lipinski definition) is 3. The quantitative estimate of drug-likeness (QED) is 0.638. The molecule has 2 rings (SSSR count). The maximum absolute atomic E-state index is 11.7. The van der Waals surface area contributed by atoms with E-state index in [0.717, 1.165) is 24.0 Å². The van der Waals surface area contributed by atoms with E-state index in [-0.39, 0.29) is 25.8 Å². The van der Waals surface area contributed by atoms with Crippen molar-refractivity contribution in [1.82, 2.24) is 10.6 Å². The van der Waals surface area contributed by atoms with Gasteiger partial charge in [-0.1, -0.05) is 29.8 Å². The van der Waals surface area contributed by atoms with Crippen molar-refractivity contribution in [3.63, 3.8) is 0 Å². The molecule has 1 atom stereocenters. The minimum atomic E-state index is -0.656. The van der Waals surface area contributed by atoms with E-state index in [4.69, 9.17) is 9.84 Å².